The Morgan fingerprint density at radius 3 is 2.28 bits per heavy atom. The molecule has 1 aliphatic rings. The molecule has 6 heteroatoms. The van der Waals surface area contributed by atoms with Gasteiger partial charge in [0.05, 0.1) is 12.8 Å². The van der Waals surface area contributed by atoms with E-state index in [1.54, 1.807) is 0 Å². The average molecular weight is 264 g/mol. The predicted molar refractivity (Wildman–Crippen MR) is 59.2 cm³/mol. The highest BCUT2D eigenvalue weighted by Gasteiger charge is 2.18. The molecule has 104 valence electrons. The number of hydrogen-bond acceptors (Lipinski definition) is 4. The number of carbonyl (C=O) groups is 2. The topological polar surface area (TPSA) is 52.6 Å². The number of rotatable bonds is 6. The molecule has 1 aliphatic carbocycles. The summed E-state index contributed by atoms with van der Waals surface area (Å²) in [6.07, 6.45) is 1.93. The Bertz CT molecular complexity index is 275. The molecule has 1 rings (SSSR count). The molecule has 18 heavy (non-hydrogen) atoms. The molecule has 0 aromatic rings. The molecule has 0 radical (unpaired) electrons. The number of halogens is 2. The first-order chi connectivity index (χ1) is 8.58. The third-order valence-electron chi connectivity index (χ3n) is 2.75. The van der Waals surface area contributed by atoms with Crippen molar-refractivity contribution in [3.63, 3.8) is 0 Å². The van der Waals surface area contributed by atoms with Crippen LogP contribution in [-0.2, 0) is 19.1 Å². The summed E-state index contributed by atoms with van der Waals surface area (Å²) in [6, 6.07) is 0. The molecule has 0 atom stereocenters. The second-order valence-electron chi connectivity index (χ2n) is 4.32. The van der Waals surface area contributed by atoms with Gasteiger partial charge in [-0.15, -0.1) is 0 Å². The van der Waals surface area contributed by atoms with Crippen molar-refractivity contribution in [3.05, 3.63) is 0 Å². The van der Waals surface area contributed by atoms with Gasteiger partial charge >= 0.3 is 11.9 Å². The standard InChI is InChI=1S/C12H18F2O4/c13-10(14)8-17-11(15)6-7-12(16)18-9-4-2-1-3-5-9/h9-10H,1-8H2. The predicted octanol–water partition coefficient (Wildman–Crippen LogP) is 2.45. The molecule has 0 unspecified atom stereocenters. The number of alkyl halides is 2. The van der Waals surface area contributed by atoms with Crippen LogP contribution >= 0.6 is 0 Å². The van der Waals surface area contributed by atoms with Gasteiger partial charge in [-0.05, 0) is 25.7 Å². The highest BCUT2D eigenvalue weighted by atomic mass is 19.3. The molecule has 1 fully saturated rings. The zero-order chi connectivity index (χ0) is 13.4. The molecule has 0 aromatic carbocycles. The highest BCUT2D eigenvalue weighted by molar-refractivity contribution is 5.77. The van der Waals surface area contributed by atoms with Gasteiger partial charge in [0.2, 0.25) is 0 Å². The van der Waals surface area contributed by atoms with E-state index in [2.05, 4.69) is 4.74 Å². The lowest BCUT2D eigenvalue weighted by atomic mass is 9.98. The van der Waals surface area contributed by atoms with E-state index in [1.165, 1.54) is 0 Å². The van der Waals surface area contributed by atoms with E-state index in [-0.39, 0.29) is 18.9 Å². The number of ether oxygens (including phenoxy) is 2. The largest absolute Gasteiger partial charge is 0.462 e. The first-order valence-electron chi connectivity index (χ1n) is 6.21. The molecule has 0 spiro atoms. The molecule has 0 aliphatic heterocycles. The maximum Gasteiger partial charge on any atom is 0.306 e. The van der Waals surface area contributed by atoms with Crippen LogP contribution in [-0.4, -0.2) is 31.1 Å². The molecule has 0 amide bonds. The van der Waals surface area contributed by atoms with Crippen molar-refractivity contribution in [1.82, 2.24) is 0 Å². The minimum absolute atomic E-state index is 0.0525. The van der Waals surface area contributed by atoms with Crippen molar-refractivity contribution < 1.29 is 27.8 Å². The average Bonchev–Trinajstić information content (AvgIpc) is 2.35. The Balaban J connectivity index is 2.10. The van der Waals surface area contributed by atoms with Gasteiger partial charge in [0.15, 0.2) is 6.61 Å². The van der Waals surface area contributed by atoms with Crippen LogP contribution in [0, 0.1) is 0 Å². The van der Waals surface area contributed by atoms with Crippen molar-refractivity contribution in [1.29, 1.82) is 0 Å². The fourth-order valence-electron chi connectivity index (χ4n) is 1.86. The van der Waals surface area contributed by atoms with E-state index < -0.39 is 25.0 Å². The van der Waals surface area contributed by atoms with E-state index in [1.807, 2.05) is 0 Å². The summed E-state index contributed by atoms with van der Waals surface area (Å²) in [5.41, 5.74) is 0. The minimum Gasteiger partial charge on any atom is -0.462 e. The Labute approximate surface area is 105 Å². The molecule has 0 N–H and O–H groups in total. The van der Waals surface area contributed by atoms with Gasteiger partial charge in [-0.1, -0.05) is 6.42 Å². The Morgan fingerprint density at radius 1 is 1.06 bits per heavy atom. The second-order valence-corrected chi connectivity index (χ2v) is 4.32. The van der Waals surface area contributed by atoms with Crippen LogP contribution < -0.4 is 0 Å². The van der Waals surface area contributed by atoms with Gasteiger partial charge in [0.25, 0.3) is 6.43 Å². The van der Waals surface area contributed by atoms with Gasteiger partial charge < -0.3 is 9.47 Å². The molecular weight excluding hydrogens is 246 g/mol. The summed E-state index contributed by atoms with van der Waals surface area (Å²) < 4.78 is 32.9. The van der Waals surface area contributed by atoms with Crippen LogP contribution in [0.2, 0.25) is 0 Å². The zero-order valence-electron chi connectivity index (χ0n) is 10.2. The van der Waals surface area contributed by atoms with Gasteiger partial charge in [-0.3, -0.25) is 9.59 Å². The van der Waals surface area contributed by atoms with E-state index in [9.17, 15) is 18.4 Å². The fourth-order valence-corrected chi connectivity index (χ4v) is 1.86. The maximum absolute atomic E-state index is 11.7. The lowest BCUT2D eigenvalue weighted by Gasteiger charge is -2.21. The summed E-state index contributed by atoms with van der Waals surface area (Å²) in [6.45, 7) is -0.920. The van der Waals surface area contributed by atoms with Crippen molar-refractivity contribution >= 4 is 11.9 Å². The maximum atomic E-state index is 11.7. The molecule has 0 bridgehead atoms. The van der Waals surface area contributed by atoms with Gasteiger partial charge in [-0.25, -0.2) is 8.78 Å². The molecule has 1 saturated carbocycles. The number of carbonyl (C=O) groups excluding carboxylic acids is 2. The molecule has 0 aromatic heterocycles. The fraction of sp³-hybridized carbons (Fsp3) is 0.833. The van der Waals surface area contributed by atoms with Gasteiger partial charge in [-0.2, -0.15) is 0 Å². The van der Waals surface area contributed by atoms with Crippen LogP contribution in [0.5, 0.6) is 0 Å². The Morgan fingerprint density at radius 2 is 1.67 bits per heavy atom. The SMILES string of the molecule is O=C(CCC(=O)OC1CCCCC1)OCC(F)F. The molecule has 0 heterocycles. The molecule has 4 nitrogen and oxygen atoms in total. The lowest BCUT2D eigenvalue weighted by Crippen LogP contribution is -2.21. The second kappa shape index (κ2) is 8.00. The van der Waals surface area contributed by atoms with Gasteiger partial charge in [0, 0.05) is 0 Å². The van der Waals surface area contributed by atoms with Gasteiger partial charge in [0.1, 0.15) is 6.10 Å². The van der Waals surface area contributed by atoms with Crippen molar-refractivity contribution in [2.24, 2.45) is 0 Å². The van der Waals surface area contributed by atoms with Crippen LogP contribution in [0.1, 0.15) is 44.9 Å². The van der Waals surface area contributed by atoms with Crippen LogP contribution in [0.4, 0.5) is 8.78 Å². The Hall–Kier alpha value is -1.20. The minimum atomic E-state index is -2.68. The summed E-state index contributed by atoms with van der Waals surface area (Å²) in [5, 5.41) is 0. The molecular formula is C12H18F2O4. The van der Waals surface area contributed by atoms with Crippen molar-refractivity contribution in [2.75, 3.05) is 6.61 Å². The highest BCUT2D eigenvalue weighted by Crippen LogP contribution is 2.20. The summed E-state index contributed by atoms with van der Waals surface area (Å²) in [7, 11) is 0. The third kappa shape index (κ3) is 6.51. The van der Waals surface area contributed by atoms with E-state index in [0.717, 1.165) is 32.1 Å². The number of hydrogen-bond donors (Lipinski definition) is 0. The van der Waals surface area contributed by atoms with Crippen molar-refractivity contribution in [2.45, 2.75) is 57.5 Å². The third-order valence-corrected chi connectivity index (χ3v) is 2.75. The first kappa shape index (κ1) is 14.9. The summed E-state index contributed by atoms with van der Waals surface area (Å²) >= 11 is 0. The summed E-state index contributed by atoms with van der Waals surface area (Å²) in [4.78, 5) is 22.4. The normalized spacial score (nSPS) is 16.6. The quantitative estimate of drug-likeness (QED) is 0.691. The van der Waals surface area contributed by atoms with E-state index in [0.29, 0.717) is 0 Å². The zero-order valence-corrected chi connectivity index (χ0v) is 10.2. The van der Waals surface area contributed by atoms with Crippen molar-refractivity contribution in [3.8, 4) is 0 Å². The summed E-state index contributed by atoms with van der Waals surface area (Å²) in [5.74, 6) is -1.26. The number of esters is 2. The van der Waals surface area contributed by atoms with Crippen LogP contribution in [0.3, 0.4) is 0 Å². The van der Waals surface area contributed by atoms with Crippen LogP contribution in [0.15, 0.2) is 0 Å². The van der Waals surface area contributed by atoms with Crippen LogP contribution in [0.25, 0.3) is 0 Å². The van der Waals surface area contributed by atoms with E-state index in [4.69, 9.17) is 4.74 Å². The smallest absolute Gasteiger partial charge is 0.306 e. The lowest BCUT2D eigenvalue weighted by molar-refractivity contribution is -0.156. The van der Waals surface area contributed by atoms with E-state index >= 15 is 0 Å². The first-order valence-corrected chi connectivity index (χ1v) is 6.21. The Kier molecular flexibility index (Phi) is 6.60. The molecule has 0 saturated heterocycles. The monoisotopic (exact) mass is 264 g/mol.